The van der Waals surface area contributed by atoms with Crippen LogP contribution in [0, 0.1) is 0 Å². The van der Waals surface area contributed by atoms with E-state index in [1.807, 2.05) is 54.6 Å². The van der Waals surface area contributed by atoms with Crippen molar-refractivity contribution in [2.75, 3.05) is 0 Å². The molecule has 0 aliphatic rings. The number of aromatic amines is 1. The second-order valence-corrected chi connectivity index (χ2v) is 5.90. The number of nitrogens with zero attached hydrogens (tertiary/aromatic N) is 1. The zero-order valence-electron chi connectivity index (χ0n) is 12.7. The Balaban J connectivity index is 1.89. The molecule has 1 N–H and O–H groups in total. The van der Waals surface area contributed by atoms with Crippen LogP contribution >= 0.6 is 11.6 Å². The van der Waals surface area contributed by atoms with Crippen molar-refractivity contribution in [2.45, 2.75) is 0 Å². The summed E-state index contributed by atoms with van der Waals surface area (Å²) in [4.78, 5) is 19.7. The van der Waals surface area contributed by atoms with Crippen molar-refractivity contribution >= 4 is 22.5 Å². The maximum atomic E-state index is 12.3. The lowest BCUT2D eigenvalue weighted by atomic mass is 10.0. The maximum absolute atomic E-state index is 12.3. The highest BCUT2D eigenvalue weighted by molar-refractivity contribution is 6.35. The number of hydrogen-bond acceptors (Lipinski definition) is 2. The molecule has 1 aromatic heterocycles. The van der Waals surface area contributed by atoms with E-state index in [9.17, 15) is 4.79 Å². The first-order chi connectivity index (χ1) is 11.7. The van der Waals surface area contributed by atoms with Crippen LogP contribution in [-0.4, -0.2) is 9.97 Å². The molecule has 0 saturated carbocycles. The number of halogens is 1. The summed E-state index contributed by atoms with van der Waals surface area (Å²) < 4.78 is 0. The lowest BCUT2D eigenvalue weighted by molar-refractivity contribution is 1.18. The topological polar surface area (TPSA) is 45.8 Å². The highest BCUT2D eigenvalue weighted by atomic mass is 35.5. The molecule has 24 heavy (non-hydrogen) atoms. The second-order valence-electron chi connectivity index (χ2n) is 5.50. The zero-order chi connectivity index (χ0) is 16.5. The fraction of sp³-hybridized carbons (Fsp3) is 0. The highest BCUT2D eigenvalue weighted by Crippen LogP contribution is 2.26. The van der Waals surface area contributed by atoms with Crippen molar-refractivity contribution in [1.82, 2.24) is 9.97 Å². The SMILES string of the molecule is O=c1[nH]c(-c2cccc(-c3ccccc3)c2)nc2c(Cl)cccc12. The molecule has 1 heterocycles. The summed E-state index contributed by atoms with van der Waals surface area (Å²) in [5.41, 5.74) is 3.34. The van der Waals surface area contributed by atoms with Gasteiger partial charge in [-0.05, 0) is 29.3 Å². The van der Waals surface area contributed by atoms with Crippen LogP contribution in [0.4, 0.5) is 0 Å². The normalized spacial score (nSPS) is 10.9. The summed E-state index contributed by atoms with van der Waals surface area (Å²) in [7, 11) is 0. The van der Waals surface area contributed by atoms with E-state index < -0.39 is 0 Å². The first-order valence-corrected chi connectivity index (χ1v) is 7.94. The van der Waals surface area contributed by atoms with Gasteiger partial charge in [-0.15, -0.1) is 0 Å². The molecular weight excluding hydrogens is 320 g/mol. The summed E-state index contributed by atoms with van der Waals surface area (Å²) in [6.45, 7) is 0. The summed E-state index contributed by atoms with van der Waals surface area (Å²) in [5, 5.41) is 0.963. The van der Waals surface area contributed by atoms with Crippen molar-refractivity contribution in [3.05, 3.63) is 88.2 Å². The van der Waals surface area contributed by atoms with Gasteiger partial charge in [0.1, 0.15) is 5.82 Å². The predicted octanol–water partition coefficient (Wildman–Crippen LogP) is 4.91. The van der Waals surface area contributed by atoms with E-state index in [1.54, 1.807) is 18.2 Å². The summed E-state index contributed by atoms with van der Waals surface area (Å²) in [6, 6.07) is 23.2. The Morgan fingerprint density at radius 3 is 2.33 bits per heavy atom. The number of rotatable bonds is 2. The van der Waals surface area contributed by atoms with Crippen LogP contribution in [0.15, 0.2) is 77.6 Å². The Kier molecular flexibility index (Phi) is 3.63. The molecule has 0 amide bonds. The van der Waals surface area contributed by atoms with E-state index in [0.29, 0.717) is 21.7 Å². The number of fused-ring (bicyclic) bond motifs is 1. The Bertz CT molecular complexity index is 1090. The Morgan fingerprint density at radius 2 is 1.50 bits per heavy atom. The minimum atomic E-state index is -0.192. The van der Waals surface area contributed by atoms with Crippen LogP contribution in [0.5, 0.6) is 0 Å². The molecule has 0 aliphatic heterocycles. The average Bonchev–Trinajstić information content (AvgIpc) is 2.63. The zero-order valence-corrected chi connectivity index (χ0v) is 13.4. The van der Waals surface area contributed by atoms with E-state index in [2.05, 4.69) is 9.97 Å². The maximum Gasteiger partial charge on any atom is 0.259 e. The third kappa shape index (κ3) is 2.59. The van der Waals surface area contributed by atoms with Gasteiger partial charge in [0.25, 0.3) is 5.56 Å². The van der Waals surface area contributed by atoms with Crippen molar-refractivity contribution in [1.29, 1.82) is 0 Å². The Morgan fingerprint density at radius 1 is 0.792 bits per heavy atom. The van der Waals surface area contributed by atoms with Crippen LogP contribution in [-0.2, 0) is 0 Å². The van der Waals surface area contributed by atoms with E-state index in [1.165, 1.54) is 0 Å². The number of aromatic nitrogens is 2. The monoisotopic (exact) mass is 332 g/mol. The summed E-state index contributed by atoms with van der Waals surface area (Å²) in [5.74, 6) is 0.512. The number of hydrogen-bond donors (Lipinski definition) is 1. The van der Waals surface area contributed by atoms with Gasteiger partial charge < -0.3 is 4.98 Å². The number of benzene rings is 3. The minimum Gasteiger partial charge on any atom is -0.306 e. The van der Waals surface area contributed by atoms with Gasteiger partial charge in [-0.1, -0.05) is 66.2 Å². The van der Waals surface area contributed by atoms with Crippen molar-refractivity contribution in [3.8, 4) is 22.5 Å². The lowest BCUT2D eigenvalue weighted by Gasteiger charge is -2.07. The molecular formula is C20H13ClN2O. The molecule has 0 saturated heterocycles. The Hall–Kier alpha value is -2.91. The van der Waals surface area contributed by atoms with Gasteiger partial charge >= 0.3 is 0 Å². The van der Waals surface area contributed by atoms with Crippen molar-refractivity contribution in [2.24, 2.45) is 0 Å². The van der Waals surface area contributed by atoms with Crippen molar-refractivity contribution in [3.63, 3.8) is 0 Å². The highest BCUT2D eigenvalue weighted by Gasteiger charge is 2.09. The number of H-pyrrole nitrogens is 1. The fourth-order valence-electron chi connectivity index (χ4n) is 2.74. The minimum absolute atomic E-state index is 0.192. The molecule has 0 fully saturated rings. The largest absolute Gasteiger partial charge is 0.306 e. The quantitative estimate of drug-likeness (QED) is 0.567. The molecule has 0 unspecified atom stereocenters. The average molecular weight is 333 g/mol. The van der Waals surface area contributed by atoms with E-state index >= 15 is 0 Å². The van der Waals surface area contributed by atoms with Crippen LogP contribution in [0.1, 0.15) is 0 Å². The summed E-state index contributed by atoms with van der Waals surface area (Å²) >= 11 is 6.20. The van der Waals surface area contributed by atoms with Crippen LogP contribution in [0.2, 0.25) is 5.02 Å². The van der Waals surface area contributed by atoms with E-state index in [4.69, 9.17) is 11.6 Å². The van der Waals surface area contributed by atoms with Gasteiger partial charge in [-0.25, -0.2) is 4.98 Å². The van der Waals surface area contributed by atoms with Crippen LogP contribution < -0.4 is 5.56 Å². The molecule has 0 aliphatic carbocycles. The smallest absolute Gasteiger partial charge is 0.259 e. The van der Waals surface area contributed by atoms with Gasteiger partial charge in [-0.2, -0.15) is 0 Å². The molecule has 4 aromatic rings. The van der Waals surface area contributed by atoms with E-state index in [-0.39, 0.29) is 5.56 Å². The molecule has 4 heteroatoms. The van der Waals surface area contributed by atoms with Crippen molar-refractivity contribution < 1.29 is 0 Å². The first-order valence-electron chi connectivity index (χ1n) is 7.57. The third-order valence-corrected chi connectivity index (χ3v) is 4.24. The van der Waals surface area contributed by atoms with Gasteiger partial charge in [-0.3, -0.25) is 4.79 Å². The third-order valence-electron chi connectivity index (χ3n) is 3.93. The predicted molar refractivity (Wildman–Crippen MR) is 98.2 cm³/mol. The molecule has 0 atom stereocenters. The molecule has 4 rings (SSSR count). The Labute approximate surface area is 143 Å². The van der Waals surface area contributed by atoms with Gasteiger partial charge in [0.05, 0.1) is 15.9 Å². The molecule has 116 valence electrons. The second kappa shape index (κ2) is 5.95. The molecule has 3 aromatic carbocycles. The number of para-hydroxylation sites is 1. The van der Waals surface area contributed by atoms with Gasteiger partial charge in [0.2, 0.25) is 0 Å². The summed E-state index contributed by atoms with van der Waals surface area (Å²) in [6.07, 6.45) is 0. The molecule has 3 nitrogen and oxygen atoms in total. The van der Waals surface area contributed by atoms with Crippen LogP contribution in [0.3, 0.4) is 0 Å². The first kappa shape index (κ1) is 14.7. The fourth-order valence-corrected chi connectivity index (χ4v) is 2.96. The molecule has 0 bridgehead atoms. The number of nitrogens with one attached hydrogen (secondary N) is 1. The van der Waals surface area contributed by atoms with Gasteiger partial charge in [0.15, 0.2) is 0 Å². The molecule has 0 spiro atoms. The lowest BCUT2D eigenvalue weighted by Crippen LogP contribution is -2.09. The standard InChI is InChI=1S/C20H13ClN2O/c21-17-11-5-10-16-18(17)22-19(23-20(16)24)15-9-4-8-14(12-15)13-6-2-1-3-7-13/h1-12H,(H,22,23,24). The van der Waals surface area contributed by atoms with E-state index in [0.717, 1.165) is 16.7 Å². The van der Waals surface area contributed by atoms with Crippen LogP contribution in [0.25, 0.3) is 33.4 Å². The molecule has 0 radical (unpaired) electrons. The van der Waals surface area contributed by atoms with Gasteiger partial charge in [0, 0.05) is 5.56 Å².